The first-order chi connectivity index (χ1) is 11.2. The number of hydrogen-bond donors (Lipinski definition) is 2. The summed E-state index contributed by atoms with van der Waals surface area (Å²) in [7, 11) is 0. The van der Waals surface area contributed by atoms with Crippen molar-refractivity contribution in [1.82, 2.24) is 20.5 Å². The van der Waals surface area contributed by atoms with E-state index in [1.54, 1.807) is 11.3 Å². The molecule has 24 heavy (non-hydrogen) atoms. The Morgan fingerprint density at radius 2 is 2.29 bits per heavy atom. The Bertz CT molecular complexity index is 491. The number of nitrogens with zero attached hydrogens (tertiary/aromatic N) is 3. The van der Waals surface area contributed by atoms with E-state index >= 15 is 0 Å². The normalized spacial score (nSPS) is 19.0. The van der Waals surface area contributed by atoms with Crippen LogP contribution in [0.5, 0.6) is 0 Å². The van der Waals surface area contributed by atoms with Crippen LogP contribution in [0.3, 0.4) is 0 Å². The van der Waals surface area contributed by atoms with Gasteiger partial charge in [0.15, 0.2) is 5.96 Å². The van der Waals surface area contributed by atoms with Crippen molar-refractivity contribution in [2.45, 2.75) is 40.0 Å². The SMILES string of the molecule is CCNC(=NCCN1CCCC(C)C1)NCCc1csc(C)n1.I. The molecule has 1 aromatic heterocycles. The molecular weight excluding hydrogens is 433 g/mol. The fourth-order valence-electron chi connectivity index (χ4n) is 2.97. The molecule has 1 saturated heterocycles. The van der Waals surface area contributed by atoms with Gasteiger partial charge in [-0.15, -0.1) is 35.3 Å². The number of aromatic nitrogens is 1. The van der Waals surface area contributed by atoms with Crippen LogP contribution >= 0.6 is 35.3 Å². The average molecular weight is 465 g/mol. The molecule has 1 aliphatic rings. The van der Waals surface area contributed by atoms with Crippen LogP contribution in [0.4, 0.5) is 0 Å². The van der Waals surface area contributed by atoms with Gasteiger partial charge in [-0.25, -0.2) is 4.98 Å². The molecule has 0 saturated carbocycles. The van der Waals surface area contributed by atoms with E-state index in [1.807, 2.05) is 0 Å². The summed E-state index contributed by atoms with van der Waals surface area (Å²) < 4.78 is 0. The van der Waals surface area contributed by atoms with Crippen LogP contribution in [0, 0.1) is 12.8 Å². The molecule has 0 radical (unpaired) electrons. The predicted molar refractivity (Wildman–Crippen MR) is 115 cm³/mol. The maximum Gasteiger partial charge on any atom is 0.191 e. The third-order valence-electron chi connectivity index (χ3n) is 4.11. The Balaban J connectivity index is 0.00000288. The van der Waals surface area contributed by atoms with Gasteiger partial charge in [-0.3, -0.25) is 4.99 Å². The molecule has 5 nitrogen and oxygen atoms in total. The number of hydrogen-bond acceptors (Lipinski definition) is 4. The monoisotopic (exact) mass is 465 g/mol. The lowest BCUT2D eigenvalue weighted by Gasteiger charge is -2.30. The molecular formula is C17H32IN5S. The van der Waals surface area contributed by atoms with Crippen molar-refractivity contribution in [3.8, 4) is 0 Å². The van der Waals surface area contributed by atoms with Crippen molar-refractivity contribution in [2.75, 3.05) is 39.3 Å². The second-order valence-corrected chi connectivity index (χ2v) is 7.41. The van der Waals surface area contributed by atoms with Gasteiger partial charge in [0.25, 0.3) is 0 Å². The molecule has 0 aromatic carbocycles. The van der Waals surface area contributed by atoms with Gasteiger partial charge in [0.2, 0.25) is 0 Å². The highest BCUT2D eigenvalue weighted by Crippen LogP contribution is 2.14. The molecule has 138 valence electrons. The summed E-state index contributed by atoms with van der Waals surface area (Å²) in [6.45, 7) is 12.6. The Morgan fingerprint density at radius 1 is 1.46 bits per heavy atom. The van der Waals surface area contributed by atoms with Crippen LogP contribution in [0.1, 0.15) is 37.4 Å². The molecule has 2 rings (SSSR count). The Kier molecular flexibility index (Phi) is 10.8. The highest BCUT2D eigenvalue weighted by atomic mass is 127. The van der Waals surface area contributed by atoms with Gasteiger partial charge in [-0.2, -0.15) is 0 Å². The zero-order valence-corrected chi connectivity index (χ0v) is 18.3. The van der Waals surface area contributed by atoms with E-state index in [9.17, 15) is 0 Å². The minimum absolute atomic E-state index is 0. The lowest BCUT2D eigenvalue weighted by molar-refractivity contribution is 0.189. The van der Waals surface area contributed by atoms with E-state index in [1.165, 1.54) is 25.9 Å². The van der Waals surface area contributed by atoms with Gasteiger partial charge < -0.3 is 15.5 Å². The number of nitrogens with one attached hydrogen (secondary N) is 2. The molecule has 0 amide bonds. The van der Waals surface area contributed by atoms with Crippen molar-refractivity contribution in [2.24, 2.45) is 10.9 Å². The predicted octanol–water partition coefficient (Wildman–Crippen LogP) is 2.90. The molecule has 0 bridgehead atoms. The molecule has 1 fully saturated rings. The van der Waals surface area contributed by atoms with E-state index in [4.69, 9.17) is 4.99 Å². The minimum Gasteiger partial charge on any atom is -0.357 e. The first kappa shape index (κ1) is 21.6. The Hall–Kier alpha value is -0.410. The number of piperidine rings is 1. The molecule has 1 aliphatic heterocycles. The van der Waals surface area contributed by atoms with Crippen molar-refractivity contribution < 1.29 is 0 Å². The van der Waals surface area contributed by atoms with Crippen LogP contribution in [0.25, 0.3) is 0 Å². The van der Waals surface area contributed by atoms with E-state index < -0.39 is 0 Å². The molecule has 1 aromatic rings. The van der Waals surface area contributed by atoms with Gasteiger partial charge in [0, 0.05) is 38.0 Å². The van der Waals surface area contributed by atoms with E-state index in [-0.39, 0.29) is 24.0 Å². The fraction of sp³-hybridized carbons (Fsp3) is 0.765. The van der Waals surface area contributed by atoms with Crippen molar-refractivity contribution in [3.63, 3.8) is 0 Å². The van der Waals surface area contributed by atoms with E-state index in [2.05, 4.69) is 46.7 Å². The van der Waals surface area contributed by atoms with Crippen LogP contribution in [-0.4, -0.2) is 55.1 Å². The van der Waals surface area contributed by atoms with Crippen LogP contribution in [0.2, 0.25) is 0 Å². The quantitative estimate of drug-likeness (QED) is 0.370. The van der Waals surface area contributed by atoms with Crippen LogP contribution in [0.15, 0.2) is 10.4 Å². The molecule has 7 heteroatoms. The maximum atomic E-state index is 4.70. The maximum absolute atomic E-state index is 4.70. The van der Waals surface area contributed by atoms with Gasteiger partial charge >= 0.3 is 0 Å². The molecule has 0 spiro atoms. The lowest BCUT2D eigenvalue weighted by Crippen LogP contribution is -2.40. The summed E-state index contributed by atoms with van der Waals surface area (Å²) >= 11 is 1.71. The van der Waals surface area contributed by atoms with E-state index in [0.29, 0.717) is 0 Å². The summed E-state index contributed by atoms with van der Waals surface area (Å²) in [6, 6.07) is 0. The number of aliphatic imine (C=N–C) groups is 1. The van der Waals surface area contributed by atoms with Gasteiger partial charge in [0.1, 0.15) is 0 Å². The number of likely N-dealkylation sites (tertiary alicyclic amines) is 1. The summed E-state index contributed by atoms with van der Waals surface area (Å²) in [5, 5.41) is 10.0. The highest BCUT2D eigenvalue weighted by molar-refractivity contribution is 14.0. The number of rotatable bonds is 7. The van der Waals surface area contributed by atoms with Gasteiger partial charge in [0.05, 0.1) is 17.2 Å². The smallest absolute Gasteiger partial charge is 0.191 e. The minimum atomic E-state index is 0. The van der Waals surface area contributed by atoms with Crippen LogP contribution in [-0.2, 0) is 6.42 Å². The fourth-order valence-corrected chi connectivity index (χ4v) is 3.61. The molecule has 0 aliphatic carbocycles. The van der Waals surface area contributed by atoms with Crippen LogP contribution < -0.4 is 10.6 Å². The highest BCUT2D eigenvalue weighted by Gasteiger charge is 2.15. The number of halogens is 1. The molecule has 1 unspecified atom stereocenters. The van der Waals surface area contributed by atoms with Crippen molar-refractivity contribution >= 4 is 41.3 Å². The van der Waals surface area contributed by atoms with E-state index in [0.717, 1.165) is 55.2 Å². The molecule has 2 heterocycles. The zero-order chi connectivity index (χ0) is 16.5. The topological polar surface area (TPSA) is 52.6 Å². The standard InChI is InChI=1S/C17H31N5S.HI/c1-4-18-17(19-8-7-16-13-23-15(3)21-16)20-9-11-22-10-5-6-14(2)12-22;/h13-14H,4-12H2,1-3H3,(H2,18,19,20);1H. The Morgan fingerprint density at radius 3 is 2.96 bits per heavy atom. The number of thiazole rings is 1. The second kappa shape index (κ2) is 12.0. The Labute approximate surface area is 167 Å². The summed E-state index contributed by atoms with van der Waals surface area (Å²) in [5.74, 6) is 1.75. The zero-order valence-electron chi connectivity index (χ0n) is 15.2. The first-order valence-corrected chi connectivity index (χ1v) is 9.71. The largest absolute Gasteiger partial charge is 0.357 e. The van der Waals surface area contributed by atoms with Gasteiger partial charge in [-0.1, -0.05) is 6.92 Å². The number of guanidine groups is 1. The van der Waals surface area contributed by atoms with Crippen molar-refractivity contribution in [3.05, 3.63) is 16.1 Å². The molecule has 1 atom stereocenters. The molecule has 2 N–H and O–H groups in total. The summed E-state index contributed by atoms with van der Waals surface area (Å²) in [5.41, 5.74) is 1.16. The third kappa shape index (κ3) is 8.11. The first-order valence-electron chi connectivity index (χ1n) is 8.83. The summed E-state index contributed by atoms with van der Waals surface area (Å²) in [6.07, 6.45) is 3.65. The summed E-state index contributed by atoms with van der Waals surface area (Å²) in [4.78, 5) is 11.7. The van der Waals surface area contributed by atoms with Gasteiger partial charge in [-0.05, 0) is 39.2 Å². The van der Waals surface area contributed by atoms with Crippen molar-refractivity contribution in [1.29, 1.82) is 0 Å². The number of aryl methyl sites for hydroxylation is 1. The third-order valence-corrected chi connectivity index (χ3v) is 4.93. The second-order valence-electron chi connectivity index (χ2n) is 6.34. The average Bonchev–Trinajstić information content (AvgIpc) is 2.93. The lowest BCUT2D eigenvalue weighted by atomic mass is 10.0.